The highest BCUT2D eigenvalue weighted by molar-refractivity contribution is 7.91. The number of nitrogens with zero attached hydrogens (tertiary/aromatic N) is 3. The molecule has 10 heteroatoms. The van der Waals surface area contributed by atoms with E-state index in [0.29, 0.717) is 29.0 Å². The van der Waals surface area contributed by atoms with Gasteiger partial charge in [-0.25, -0.2) is 13.4 Å². The van der Waals surface area contributed by atoms with E-state index in [2.05, 4.69) is 4.98 Å². The van der Waals surface area contributed by atoms with Crippen molar-refractivity contribution in [2.45, 2.75) is 17.7 Å². The molecule has 1 amide bonds. The number of likely N-dealkylation sites (N-methyl/N-ethyl adjacent to an activating group) is 1. The van der Waals surface area contributed by atoms with Crippen LogP contribution in [0.1, 0.15) is 12.8 Å². The molecule has 0 spiro atoms. The number of thiazole rings is 1. The Balaban J connectivity index is 1.70. The lowest BCUT2D eigenvalue weighted by Crippen LogP contribution is -2.36. The predicted molar refractivity (Wildman–Crippen MR) is 130 cm³/mol. The van der Waals surface area contributed by atoms with E-state index in [-0.39, 0.29) is 29.4 Å². The first kappa shape index (κ1) is 24.4. The molecule has 0 N–H and O–H groups in total. The summed E-state index contributed by atoms with van der Waals surface area (Å²) in [6, 6.07) is 11.7. The fraction of sp³-hybridized carbons (Fsp3) is 0.364. The fourth-order valence-corrected chi connectivity index (χ4v) is 5.67. The van der Waals surface area contributed by atoms with Crippen LogP contribution in [0.5, 0.6) is 5.75 Å². The number of hydrogen-bond acceptors (Lipinski definition) is 7. The molecular formula is C22H26ClN3O4S2. The Hall–Kier alpha value is -2.20. The van der Waals surface area contributed by atoms with Crippen molar-refractivity contribution in [3.05, 3.63) is 47.5 Å². The molecule has 3 aromatic rings. The first-order chi connectivity index (χ1) is 15.2. The quantitative estimate of drug-likeness (QED) is 0.421. The Morgan fingerprint density at radius 1 is 1.12 bits per heavy atom. The minimum Gasteiger partial charge on any atom is -0.497 e. The molecule has 0 radical (unpaired) electrons. The molecular weight excluding hydrogens is 470 g/mol. The molecule has 0 saturated carbocycles. The molecule has 0 aliphatic heterocycles. The number of rotatable bonds is 10. The zero-order valence-electron chi connectivity index (χ0n) is 18.2. The lowest BCUT2D eigenvalue weighted by Gasteiger charge is -2.22. The van der Waals surface area contributed by atoms with Crippen LogP contribution in [-0.4, -0.2) is 64.3 Å². The van der Waals surface area contributed by atoms with E-state index in [1.165, 1.54) is 30.6 Å². The van der Waals surface area contributed by atoms with Crippen molar-refractivity contribution in [1.82, 2.24) is 9.88 Å². The van der Waals surface area contributed by atoms with Gasteiger partial charge in [0.2, 0.25) is 5.91 Å². The van der Waals surface area contributed by atoms with E-state index in [9.17, 15) is 13.2 Å². The summed E-state index contributed by atoms with van der Waals surface area (Å²) in [7, 11) is 1.91. The number of fused-ring (bicyclic) bond motifs is 1. The van der Waals surface area contributed by atoms with Gasteiger partial charge in [-0.3, -0.25) is 9.69 Å². The molecule has 1 aromatic heterocycles. The van der Waals surface area contributed by atoms with Gasteiger partial charge in [0, 0.05) is 24.5 Å². The Labute approximate surface area is 197 Å². The van der Waals surface area contributed by atoms with Gasteiger partial charge in [0.05, 0.1) is 28.0 Å². The molecule has 1 heterocycles. The normalized spacial score (nSPS) is 11.8. The number of methoxy groups -OCH3 is 1. The molecule has 0 fully saturated rings. The van der Waals surface area contributed by atoms with E-state index in [0.717, 1.165) is 10.2 Å². The van der Waals surface area contributed by atoms with E-state index in [1.54, 1.807) is 23.1 Å². The molecule has 2 aromatic carbocycles. The summed E-state index contributed by atoms with van der Waals surface area (Å²) < 4.78 is 31.2. The van der Waals surface area contributed by atoms with Crippen molar-refractivity contribution in [2.75, 3.05) is 44.9 Å². The number of amides is 1. The largest absolute Gasteiger partial charge is 0.497 e. The van der Waals surface area contributed by atoms with Crippen LogP contribution in [0.3, 0.4) is 0 Å². The highest BCUT2D eigenvalue weighted by Gasteiger charge is 2.21. The number of hydrogen-bond donors (Lipinski definition) is 0. The summed E-state index contributed by atoms with van der Waals surface area (Å²) in [6.45, 7) is 1.12. The van der Waals surface area contributed by atoms with Gasteiger partial charge in [-0.15, -0.1) is 0 Å². The zero-order valence-corrected chi connectivity index (χ0v) is 20.6. The number of carbonyl (C=O) groups is 1. The highest BCUT2D eigenvalue weighted by atomic mass is 35.5. The second kappa shape index (κ2) is 10.6. The molecule has 0 saturated heterocycles. The van der Waals surface area contributed by atoms with Crippen LogP contribution in [-0.2, 0) is 14.6 Å². The Bertz CT molecular complexity index is 1180. The van der Waals surface area contributed by atoms with Crippen LogP contribution in [0.4, 0.5) is 5.13 Å². The molecule has 32 heavy (non-hydrogen) atoms. The van der Waals surface area contributed by atoms with Crippen molar-refractivity contribution in [3.8, 4) is 5.75 Å². The number of benzene rings is 2. The average Bonchev–Trinajstić information content (AvgIpc) is 3.16. The van der Waals surface area contributed by atoms with Crippen LogP contribution in [0.25, 0.3) is 10.2 Å². The topological polar surface area (TPSA) is 79.8 Å². The second-order valence-electron chi connectivity index (χ2n) is 7.56. The van der Waals surface area contributed by atoms with Crippen molar-refractivity contribution < 1.29 is 17.9 Å². The zero-order chi connectivity index (χ0) is 23.3. The van der Waals surface area contributed by atoms with Gasteiger partial charge in [0.25, 0.3) is 0 Å². The molecule has 0 unspecified atom stereocenters. The first-order valence-electron chi connectivity index (χ1n) is 10.1. The molecule has 172 valence electrons. The molecule has 7 nitrogen and oxygen atoms in total. The maximum absolute atomic E-state index is 13.0. The van der Waals surface area contributed by atoms with Gasteiger partial charge in [-0.05, 0) is 63.0 Å². The number of ether oxygens (including phenoxy) is 1. The van der Waals surface area contributed by atoms with Gasteiger partial charge in [0.1, 0.15) is 5.75 Å². The maximum Gasteiger partial charge on any atom is 0.228 e. The van der Waals surface area contributed by atoms with Crippen molar-refractivity contribution in [2.24, 2.45) is 0 Å². The average molecular weight is 496 g/mol. The number of aromatic nitrogens is 1. The van der Waals surface area contributed by atoms with Gasteiger partial charge < -0.3 is 9.64 Å². The number of sulfone groups is 1. The first-order valence-corrected chi connectivity index (χ1v) is 12.9. The molecule has 0 aliphatic rings. The predicted octanol–water partition coefficient (Wildman–Crippen LogP) is 4.11. The van der Waals surface area contributed by atoms with E-state index >= 15 is 0 Å². The Morgan fingerprint density at radius 3 is 2.50 bits per heavy atom. The van der Waals surface area contributed by atoms with Crippen LogP contribution >= 0.6 is 22.9 Å². The fourth-order valence-electron chi connectivity index (χ4n) is 3.08. The summed E-state index contributed by atoms with van der Waals surface area (Å²) in [4.78, 5) is 21.5. The summed E-state index contributed by atoms with van der Waals surface area (Å²) in [5.74, 6) is 0.330. The number of halogens is 1. The number of anilines is 1. The third-order valence-electron chi connectivity index (χ3n) is 4.86. The van der Waals surface area contributed by atoms with E-state index in [4.69, 9.17) is 16.3 Å². The lowest BCUT2D eigenvalue weighted by atomic mass is 10.3. The van der Waals surface area contributed by atoms with Crippen LogP contribution in [0, 0.1) is 0 Å². The van der Waals surface area contributed by atoms with Gasteiger partial charge in [-0.2, -0.15) is 0 Å². The third kappa shape index (κ3) is 6.19. The van der Waals surface area contributed by atoms with E-state index < -0.39 is 9.84 Å². The molecule has 0 aliphatic carbocycles. The van der Waals surface area contributed by atoms with Crippen molar-refractivity contribution in [1.29, 1.82) is 0 Å². The summed E-state index contributed by atoms with van der Waals surface area (Å²) in [5, 5.41) is 1.20. The summed E-state index contributed by atoms with van der Waals surface area (Å²) in [6.07, 6.45) is 0.335. The standard InChI is InChI=1S/C22H26ClN3O4S2/c1-25(2)12-13-26(22-24-19-11-6-16(23)15-20(19)31-22)21(27)5-4-14-32(28,29)18-9-7-17(30-3)8-10-18/h6-11,15H,4-5,12-14H2,1-3H3. The summed E-state index contributed by atoms with van der Waals surface area (Å²) >= 11 is 7.48. The van der Waals surface area contributed by atoms with Crippen LogP contribution in [0.2, 0.25) is 5.02 Å². The number of carbonyl (C=O) groups excluding carboxylic acids is 1. The lowest BCUT2D eigenvalue weighted by molar-refractivity contribution is -0.118. The highest BCUT2D eigenvalue weighted by Crippen LogP contribution is 2.31. The van der Waals surface area contributed by atoms with Crippen LogP contribution in [0.15, 0.2) is 47.4 Å². The third-order valence-corrected chi connectivity index (χ3v) is 7.96. The summed E-state index contributed by atoms with van der Waals surface area (Å²) in [5.41, 5.74) is 0.777. The SMILES string of the molecule is COc1ccc(S(=O)(=O)CCCC(=O)N(CCN(C)C)c2nc3ccc(Cl)cc3s2)cc1. The molecule has 3 rings (SSSR count). The van der Waals surface area contributed by atoms with Gasteiger partial charge in [0.15, 0.2) is 15.0 Å². The Morgan fingerprint density at radius 2 is 1.84 bits per heavy atom. The smallest absolute Gasteiger partial charge is 0.228 e. The molecule has 0 atom stereocenters. The van der Waals surface area contributed by atoms with Gasteiger partial charge >= 0.3 is 0 Å². The molecule has 0 bridgehead atoms. The van der Waals surface area contributed by atoms with E-state index in [1.807, 2.05) is 31.1 Å². The van der Waals surface area contributed by atoms with Gasteiger partial charge in [-0.1, -0.05) is 22.9 Å². The monoisotopic (exact) mass is 495 g/mol. The van der Waals surface area contributed by atoms with Crippen LogP contribution < -0.4 is 9.64 Å². The van der Waals surface area contributed by atoms with Crippen molar-refractivity contribution in [3.63, 3.8) is 0 Å². The Kier molecular flexibility index (Phi) is 8.10. The second-order valence-corrected chi connectivity index (χ2v) is 11.1. The minimum atomic E-state index is -3.48. The van der Waals surface area contributed by atoms with Crippen molar-refractivity contribution >= 4 is 54.0 Å². The minimum absolute atomic E-state index is 0.109. The maximum atomic E-state index is 13.0.